The molecule has 0 aliphatic carbocycles. The Bertz CT molecular complexity index is 826. The van der Waals surface area contributed by atoms with E-state index in [-0.39, 0.29) is 5.56 Å². The molecule has 0 aliphatic rings. The van der Waals surface area contributed by atoms with E-state index < -0.39 is 5.97 Å². The van der Waals surface area contributed by atoms with Crippen molar-refractivity contribution in [2.75, 3.05) is 0 Å². The van der Waals surface area contributed by atoms with Gasteiger partial charge in [-0.15, -0.1) is 5.10 Å². The summed E-state index contributed by atoms with van der Waals surface area (Å²) in [6.45, 7) is 1.95. The molecule has 0 atom stereocenters. The molecule has 0 bridgehead atoms. The van der Waals surface area contributed by atoms with Gasteiger partial charge in [-0.3, -0.25) is 0 Å². The van der Waals surface area contributed by atoms with Crippen LogP contribution in [0.25, 0.3) is 16.7 Å². The molecular formula is C14H10ClN3O2. The number of hydrogen-bond acceptors (Lipinski definition) is 3. The van der Waals surface area contributed by atoms with Crippen molar-refractivity contribution < 1.29 is 9.90 Å². The first-order valence-electron chi connectivity index (χ1n) is 5.91. The molecule has 1 heterocycles. The van der Waals surface area contributed by atoms with E-state index >= 15 is 0 Å². The minimum atomic E-state index is -0.991. The molecule has 100 valence electrons. The van der Waals surface area contributed by atoms with Gasteiger partial charge in [-0.2, -0.15) is 0 Å². The van der Waals surface area contributed by atoms with Crippen molar-refractivity contribution in [3.8, 4) is 5.69 Å². The molecule has 3 rings (SSSR count). The summed E-state index contributed by atoms with van der Waals surface area (Å²) < 4.78 is 1.60. The maximum atomic E-state index is 10.9. The van der Waals surface area contributed by atoms with Crippen molar-refractivity contribution in [2.45, 2.75) is 6.92 Å². The van der Waals surface area contributed by atoms with Crippen LogP contribution in [0.2, 0.25) is 5.02 Å². The lowest BCUT2D eigenvalue weighted by Gasteiger charge is -2.05. The summed E-state index contributed by atoms with van der Waals surface area (Å²) in [5.74, 6) is -0.991. The second-order valence-electron chi connectivity index (χ2n) is 4.46. The molecule has 0 amide bonds. The van der Waals surface area contributed by atoms with E-state index in [9.17, 15) is 4.79 Å². The number of aromatic nitrogens is 3. The molecule has 5 nitrogen and oxygen atoms in total. The largest absolute Gasteiger partial charge is 0.478 e. The lowest BCUT2D eigenvalue weighted by atomic mass is 10.2. The van der Waals surface area contributed by atoms with Crippen LogP contribution >= 0.6 is 11.6 Å². The highest BCUT2D eigenvalue weighted by Gasteiger charge is 2.12. The summed E-state index contributed by atoms with van der Waals surface area (Å²) in [5, 5.41) is 17.6. The van der Waals surface area contributed by atoms with Crippen molar-refractivity contribution in [1.82, 2.24) is 15.0 Å². The zero-order chi connectivity index (χ0) is 14.3. The van der Waals surface area contributed by atoms with Gasteiger partial charge >= 0.3 is 5.97 Å². The summed E-state index contributed by atoms with van der Waals surface area (Å²) >= 11 is 6.22. The molecule has 3 aromatic rings. The van der Waals surface area contributed by atoms with E-state index in [0.29, 0.717) is 21.7 Å². The highest BCUT2D eigenvalue weighted by atomic mass is 35.5. The van der Waals surface area contributed by atoms with Gasteiger partial charge in [0.2, 0.25) is 0 Å². The maximum absolute atomic E-state index is 10.9. The summed E-state index contributed by atoms with van der Waals surface area (Å²) in [6.07, 6.45) is 0. The monoisotopic (exact) mass is 287 g/mol. The van der Waals surface area contributed by atoms with Gasteiger partial charge in [0.1, 0.15) is 5.52 Å². The molecule has 0 saturated heterocycles. The average molecular weight is 288 g/mol. The fraction of sp³-hybridized carbons (Fsp3) is 0.0714. The van der Waals surface area contributed by atoms with E-state index in [2.05, 4.69) is 10.3 Å². The first kappa shape index (κ1) is 12.6. The molecule has 2 aromatic carbocycles. The normalized spacial score (nSPS) is 10.9. The Morgan fingerprint density at radius 1 is 1.25 bits per heavy atom. The van der Waals surface area contributed by atoms with Crippen LogP contribution in [0.5, 0.6) is 0 Å². The van der Waals surface area contributed by atoms with Crippen LogP contribution in [0.4, 0.5) is 0 Å². The summed E-state index contributed by atoms with van der Waals surface area (Å²) in [6, 6.07) is 10.3. The molecule has 0 radical (unpaired) electrons. The van der Waals surface area contributed by atoms with Crippen molar-refractivity contribution in [1.29, 1.82) is 0 Å². The Kier molecular flexibility index (Phi) is 2.91. The minimum Gasteiger partial charge on any atom is -0.478 e. The molecule has 1 aromatic heterocycles. The molecular weight excluding hydrogens is 278 g/mol. The predicted molar refractivity (Wildman–Crippen MR) is 75.6 cm³/mol. The van der Waals surface area contributed by atoms with Gasteiger partial charge in [0.15, 0.2) is 0 Å². The third-order valence-electron chi connectivity index (χ3n) is 3.02. The third-order valence-corrected chi connectivity index (χ3v) is 3.33. The predicted octanol–water partition coefficient (Wildman–Crippen LogP) is 3.08. The van der Waals surface area contributed by atoms with Crippen LogP contribution in [-0.4, -0.2) is 26.1 Å². The number of benzene rings is 2. The van der Waals surface area contributed by atoms with Crippen LogP contribution in [0.15, 0.2) is 36.4 Å². The van der Waals surface area contributed by atoms with Crippen molar-refractivity contribution >= 4 is 28.6 Å². The Balaban J connectivity index is 2.20. The number of carboxylic acid groups (broad SMARTS) is 1. The fourth-order valence-corrected chi connectivity index (χ4v) is 2.33. The number of aromatic carboxylic acids is 1. The van der Waals surface area contributed by atoms with Crippen LogP contribution in [-0.2, 0) is 0 Å². The molecule has 0 saturated carbocycles. The third kappa shape index (κ3) is 2.02. The summed E-state index contributed by atoms with van der Waals surface area (Å²) in [7, 11) is 0. The molecule has 0 fully saturated rings. The fourth-order valence-electron chi connectivity index (χ4n) is 2.02. The Morgan fingerprint density at radius 3 is 2.75 bits per heavy atom. The highest BCUT2D eigenvalue weighted by molar-refractivity contribution is 6.32. The van der Waals surface area contributed by atoms with Crippen LogP contribution in [0, 0.1) is 6.92 Å². The number of fused-ring (bicyclic) bond motifs is 1. The van der Waals surface area contributed by atoms with Gasteiger partial charge in [0.05, 0.1) is 21.8 Å². The Labute approximate surface area is 119 Å². The summed E-state index contributed by atoms with van der Waals surface area (Å²) in [4.78, 5) is 10.9. The molecule has 0 aliphatic heterocycles. The zero-order valence-electron chi connectivity index (χ0n) is 10.5. The number of aryl methyl sites for hydroxylation is 1. The lowest BCUT2D eigenvalue weighted by Crippen LogP contribution is -1.98. The van der Waals surface area contributed by atoms with E-state index in [4.69, 9.17) is 16.7 Å². The number of nitrogens with zero attached hydrogens (tertiary/aromatic N) is 3. The van der Waals surface area contributed by atoms with Gasteiger partial charge in [0, 0.05) is 0 Å². The number of carboxylic acids is 1. The van der Waals surface area contributed by atoms with Gasteiger partial charge in [-0.25, -0.2) is 9.48 Å². The molecule has 20 heavy (non-hydrogen) atoms. The smallest absolute Gasteiger partial charge is 0.335 e. The number of rotatable bonds is 2. The van der Waals surface area contributed by atoms with E-state index in [1.165, 1.54) is 12.1 Å². The standard InChI is InChI=1S/C14H10ClN3O2/c1-8-2-4-12(10(15)6-8)18-13-5-3-9(14(19)20)7-11(13)16-17-18/h2-7H,1H3,(H,19,20). The van der Waals surface area contributed by atoms with Gasteiger partial charge in [0.25, 0.3) is 0 Å². The molecule has 1 N–H and O–H groups in total. The second kappa shape index (κ2) is 4.61. The molecule has 0 unspecified atom stereocenters. The summed E-state index contributed by atoms with van der Waals surface area (Å²) in [5.41, 5.74) is 3.17. The Morgan fingerprint density at radius 2 is 2.05 bits per heavy atom. The van der Waals surface area contributed by atoms with Crippen LogP contribution in [0.3, 0.4) is 0 Å². The van der Waals surface area contributed by atoms with Crippen LogP contribution < -0.4 is 0 Å². The van der Waals surface area contributed by atoms with Gasteiger partial charge < -0.3 is 5.11 Å². The van der Waals surface area contributed by atoms with E-state index in [1.54, 1.807) is 10.7 Å². The van der Waals surface area contributed by atoms with E-state index in [1.807, 2.05) is 25.1 Å². The van der Waals surface area contributed by atoms with Crippen molar-refractivity contribution in [3.05, 3.63) is 52.5 Å². The number of carbonyl (C=O) groups is 1. The minimum absolute atomic E-state index is 0.180. The molecule has 6 heteroatoms. The topological polar surface area (TPSA) is 68.0 Å². The lowest BCUT2D eigenvalue weighted by molar-refractivity contribution is 0.0697. The highest BCUT2D eigenvalue weighted by Crippen LogP contribution is 2.24. The quantitative estimate of drug-likeness (QED) is 0.786. The van der Waals surface area contributed by atoms with E-state index in [0.717, 1.165) is 5.56 Å². The first-order chi connectivity index (χ1) is 9.56. The van der Waals surface area contributed by atoms with Crippen molar-refractivity contribution in [2.24, 2.45) is 0 Å². The van der Waals surface area contributed by atoms with Crippen molar-refractivity contribution in [3.63, 3.8) is 0 Å². The van der Waals surface area contributed by atoms with Crippen LogP contribution in [0.1, 0.15) is 15.9 Å². The zero-order valence-corrected chi connectivity index (χ0v) is 11.3. The average Bonchev–Trinajstić information content (AvgIpc) is 2.81. The van der Waals surface area contributed by atoms with Gasteiger partial charge in [-0.1, -0.05) is 22.9 Å². The number of halogens is 1. The first-order valence-corrected chi connectivity index (χ1v) is 6.29. The Hall–Kier alpha value is -2.40. The number of hydrogen-bond donors (Lipinski definition) is 1. The maximum Gasteiger partial charge on any atom is 0.335 e. The van der Waals surface area contributed by atoms with Gasteiger partial charge in [-0.05, 0) is 42.8 Å². The second-order valence-corrected chi connectivity index (χ2v) is 4.87. The SMILES string of the molecule is Cc1ccc(-n2nnc3cc(C(=O)O)ccc32)c(Cl)c1. The molecule has 0 spiro atoms.